The van der Waals surface area contributed by atoms with Gasteiger partial charge in [0, 0.05) is 4.48 Å². The molecule has 4 N–H and O–H groups in total. The molecule has 0 atom stereocenters. The van der Waals surface area contributed by atoms with Crippen LogP contribution in [0.3, 0.4) is 0 Å². The van der Waals surface area contributed by atoms with Crippen LogP contribution in [0.25, 0.3) is 6.08 Å². The number of hydrogen-bond donors (Lipinski definition) is 2. The molecule has 0 amide bonds. The van der Waals surface area contributed by atoms with Crippen LogP contribution in [-0.2, 0) is 0 Å². The Labute approximate surface area is 96.5 Å². The van der Waals surface area contributed by atoms with Crippen molar-refractivity contribution in [1.82, 2.24) is 0 Å². The van der Waals surface area contributed by atoms with Crippen LogP contribution in [0.4, 0.5) is 0 Å². The van der Waals surface area contributed by atoms with Gasteiger partial charge in [-0.15, -0.1) is 5.10 Å². The van der Waals surface area contributed by atoms with Gasteiger partial charge in [0.15, 0.2) is 0 Å². The lowest BCUT2D eigenvalue weighted by atomic mass is 10.2. The van der Waals surface area contributed by atoms with Crippen molar-refractivity contribution in [2.45, 2.75) is 0 Å². The second-order valence-electron chi connectivity index (χ2n) is 2.71. The summed E-state index contributed by atoms with van der Waals surface area (Å²) in [7, 11) is 0. The number of rotatable bonds is 3. The molecule has 0 radical (unpaired) electrons. The number of halogens is 1. The minimum atomic E-state index is -0.0636. The molecular weight excluding hydrogens is 256 g/mol. The number of benzene rings is 1. The summed E-state index contributed by atoms with van der Waals surface area (Å²) in [4.78, 5) is 0. The van der Waals surface area contributed by atoms with Gasteiger partial charge in [-0.1, -0.05) is 30.3 Å². The molecule has 0 spiro atoms. The molecule has 4 nitrogen and oxygen atoms in total. The minimum absolute atomic E-state index is 0.0636. The van der Waals surface area contributed by atoms with Gasteiger partial charge in [0.1, 0.15) is 0 Å². The van der Waals surface area contributed by atoms with Crippen LogP contribution in [0.15, 0.2) is 45.0 Å². The first-order valence-corrected chi connectivity index (χ1v) is 5.02. The first-order valence-electron chi connectivity index (χ1n) is 4.22. The van der Waals surface area contributed by atoms with E-state index in [2.05, 4.69) is 26.1 Å². The average molecular weight is 267 g/mol. The number of nitrogens with zero attached hydrogens (tertiary/aromatic N) is 2. The molecular formula is C10H11BrN4. The van der Waals surface area contributed by atoms with Gasteiger partial charge >= 0.3 is 0 Å². The van der Waals surface area contributed by atoms with Crippen LogP contribution in [0.2, 0.25) is 0 Å². The van der Waals surface area contributed by atoms with Crippen molar-refractivity contribution in [3.05, 3.63) is 40.4 Å². The van der Waals surface area contributed by atoms with E-state index in [9.17, 15) is 0 Å². The van der Waals surface area contributed by atoms with Crippen molar-refractivity contribution < 1.29 is 0 Å². The van der Waals surface area contributed by atoms with E-state index >= 15 is 0 Å². The van der Waals surface area contributed by atoms with E-state index in [-0.39, 0.29) is 5.96 Å². The van der Waals surface area contributed by atoms with Gasteiger partial charge in [0.25, 0.3) is 0 Å². The van der Waals surface area contributed by atoms with E-state index < -0.39 is 0 Å². The predicted molar refractivity (Wildman–Crippen MR) is 67.6 cm³/mol. The summed E-state index contributed by atoms with van der Waals surface area (Å²) in [5.41, 5.74) is 11.3. The SMILES string of the molecule is NC(N)=N/N=C/C(Br)=Cc1ccccc1. The summed E-state index contributed by atoms with van der Waals surface area (Å²) in [6.45, 7) is 0. The molecule has 1 aromatic carbocycles. The Morgan fingerprint density at radius 1 is 1.20 bits per heavy atom. The molecule has 0 aliphatic rings. The van der Waals surface area contributed by atoms with Crippen molar-refractivity contribution in [1.29, 1.82) is 0 Å². The number of allylic oxidation sites excluding steroid dienone is 1. The standard InChI is InChI=1S/C10H11BrN4/c11-9(7-14-15-10(12)13)6-8-4-2-1-3-5-8/h1-7H,(H4,12,13,15)/b9-6?,14-7+. The van der Waals surface area contributed by atoms with E-state index in [0.29, 0.717) is 0 Å². The van der Waals surface area contributed by atoms with Crippen LogP contribution in [-0.4, -0.2) is 12.2 Å². The lowest BCUT2D eigenvalue weighted by molar-refractivity contribution is 1.22. The summed E-state index contributed by atoms with van der Waals surface area (Å²) in [5.74, 6) is -0.0636. The Bertz CT molecular complexity index is 391. The fourth-order valence-corrected chi connectivity index (χ4v) is 1.25. The van der Waals surface area contributed by atoms with Gasteiger partial charge in [-0.3, -0.25) is 0 Å². The van der Waals surface area contributed by atoms with E-state index in [1.165, 1.54) is 6.21 Å². The Balaban J connectivity index is 2.69. The monoisotopic (exact) mass is 266 g/mol. The molecule has 0 heterocycles. The quantitative estimate of drug-likeness (QED) is 0.496. The normalized spacial score (nSPS) is 11.7. The number of nitrogens with two attached hydrogens (primary N) is 2. The molecule has 0 aliphatic carbocycles. The van der Waals surface area contributed by atoms with Crippen molar-refractivity contribution >= 4 is 34.2 Å². The zero-order valence-corrected chi connectivity index (χ0v) is 9.55. The van der Waals surface area contributed by atoms with Crippen molar-refractivity contribution in [3.63, 3.8) is 0 Å². The predicted octanol–water partition coefficient (Wildman–Crippen LogP) is 1.68. The maximum atomic E-state index is 5.11. The molecule has 0 unspecified atom stereocenters. The molecule has 5 heteroatoms. The lowest BCUT2D eigenvalue weighted by Gasteiger charge is -1.91. The van der Waals surface area contributed by atoms with Gasteiger partial charge in [0.2, 0.25) is 5.96 Å². The molecule has 0 aromatic heterocycles. The van der Waals surface area contributed by atoms with Gasteiger partial charge in [-0.2, -0.15) is 5.10 Å². The minimum Gasteiger partial charge on any atom is -0.369 e. The molecule has 0 fully saturated rings. The van der Waals surface area contributed by atoms with E-state index in [0.717, 1.165) is 10.0 Å². The fraction of sp³-hybridized carbons (Fsp3) is 0. The van der Waals surface area contributed by atoms with Gasteiger partial charge in [-0.05, 0) is 27.6 Å². The van der Waals surface area contributed by atoms with E-state index in [1.54, 1.807) is 0 Å². The van der Waals surface area contributed by atoms with Gasteiger partial charge in [0.05, 0.1) is 6.21 Å². The maximum absolute atomic E-state index is 5.11. The Hall–Kier alpha value is -1.62. The largest absolute Gasteiger partial charge is 0.369 e. The Morgan fingerprint density at radius 2 is 1.87 bits per heavy atom. The van der Waals surface area contributed by atoms with Crippen LogP contribution in [0.1, 0.15) is 5.56 Å². The highest BCUT2D eigenvalue weighted by atomic mass is 79.9. The van der Waals surface area contributed by atoms with Crippen molar-refractivity contribution in [2.24, 2.45) is 21.7 Å². The Morgan fingerprint density at radius 3 is 2.47 bits per heavy atom. The van der Waals surface area contributed by atoms with E-state index in [4.69, 9.17) is 11.5 Å². The summed E-state index contributed by atoms with van der Waals surface area (Å²) < 4.78 is 0.790. The lowest BCUT2D eigenvalue weighted by Crippen LogP contribution is -2.21. The van der Waals surface area contributed by atoms with E-state index in [1.807, 2.05) is 36.4 Å². The third-order valence-electron chi connectivity index (χ3n) is 1.46. The molecule has 1 aromatic rings. The maximum Gasteiger partial charge on any atom is 0.211 e. The van der Waals surface area contributed by atoms with Crippen molar-refractivity contribution in [2.75, 3.05) is 0 Å². The molecule has 15 heavy (non-hydrogen) atoms. The van der Waals surface area contributed by atoms with Crippen molar-refractivity contribution in [3.8, 4) is 0 Å². The molecule has 0 bridgehead atoms. The van der Waals surface area contributed by atoms with Crippen LogP contribution in [0.5, 0.6) is 0 Å². The highest BCUT2D eigenvalue weighted by Gasteiger charge is 1.88. The molecule has 0 saturated carbocycles. The topological polar surface area (TPSA) is 76.8 Å². The zero-order valence-electron chi connectivity index (χ0n) is 7.97. The third-order valence-corrected chi connectivity index (χ3v) is 1.89. The highest BCUT2D eigenvalue weighted by Crippen LogP contribution is 2.09. The smallest absolute Gasteiger partial charge is 0.211 e. The summed E-state index contributed by atoms with van der Waals surface area (Å²) in [6.07, 6.45) is 3.43. The molecule has 0 saturated heterocycles. The van der Waals surface area contributed by atoms with Crippen LogP contribution < -0.4 is 11.5 Å². The second-order valence-corrected chi connectivity index (χ2v) is 3.63. The summed E-state index contributed by atoms with van der Waals surface area (Å²) in [6, 6.07) is 9.84. The number of hydrogen-bond acceptors (Lipinski definition) is 2. The first-order chi connectivity index (χ1) is 7.18. The summed E-state index contributed by atoms with van der Waals surface area (Å²) in [5, 5.41) is 7.14. The van der Waals surface area contributed by atoms with Gasteiger partial charge in [-0.25, -0.2) is 0 Å². The number of guanidine groups is 1. The second kappa shape index (κ2) is 5.98. The molecule has 1 rings (SSSR count). The molecule has 0 aliphatic heterocycles. The fourth-order valence-electron chi connectivity index (χ4n) is 0.896. The Kier molecular flexibility index (Phi) is 4.56. The first kappa shape index (κ1) is 11.5. The summed E-state index contributed by atoms with van der Waals surface area (Å²) >= 11 is 3.33. The highest BCUT2D eigenvalue weighted by molar-refractivity contribution is 9.12. The third kappa shape index (κ3) is 4.97. The van der Waals surface area contributed by atoms with Gasteiger partial charge < -0.3 is 11.5 Å². The van der Waals surface area contributed by atoms with Crippen LogP contribution in [0, 0.1) is 0 Å². The zero-order chi connectivity index (χ0) is 11.1. The van der Waals surface area contributed by atoms with Crippen LogP contribution >= 0.6 is 15.9 Å². The molecule has 78 valence electrons. The average Bonchev–Trinajstić information content (AvgIpc) is 2.18.